The lowest BCUT2D eigenvalue weighted by Crippen LogP contribution is -2.39. The molecule has 76 valence electrons. The number of likely N-dealkylation sites (tertiary alicyclic amines) is 1. The van der Waals surface area contributed by atoms with Crippen LogP contribution in [0.3, 0.4) is 0 Å². The van der Waals surface area contributed by atoms with Crippen molar-refractivity contribution in [2.45, 2.75) is 12.2 Å². The molecule has 0 unspecified atom stereocenters. The summed E-state index contributed by atoms with van der Waals surface area (Å²) >= 11 is 0. The Morgan fingerprint density at radius 2 is 1.92 bits per heavy atom. The van der Waals surface area contributed by atoms with Gasteiger partial charge in [-0.15, -0.1) is 0 Å². The van der Waals surface area contributed by atoms with Crippen LogP contribution in [-0.4, -0.2) is 51.2 Å². The van der Waals surface area contributed by atoms with Crippen molar-refractivity contribution in [2.24, 2.45) is 0 Å². The summed E-state index contributed by atoms with van der Waals surface area (Å²) in [7, 11) is 4.51. The molecule has 5 nitrogen and oxygen atoms in total. The molecule has 0 saturated carbocycles. The maximum absolute atomic E-state index is 11.1. The van der Waals surface area contributed by atoms with Gasteiger partial charge >= 0.3 is 6.09 Å². The fourth-order valence-corrected chi connectivity index (χ4v) is 1.46. The summed E-state index contributed by atoms with van der Waals surface area (Å²) < 4.78 is 15.0. The third kappa shape index (κ3) is 1.92. The van der Waals surface area contributed by atoms with Crippen LogP contribution in [0.4, 0.5) is 4.79 Å². The van der Waals surface area contributed by atoms with Gasteiger partial charge in [-0.1, -0.05) is 0 Å². The number of hydrogen-bond donors (Lipinski definition) is 0. The molecule has 1 fully saturated rings. The first-order chi connectivity index (χ1) is 6.17. The molecule has 0 aromatic heterocycles. The third-order valence-corrected chi connectivity index (χ3v) is 2.37. The van der Waals surface area contributed by atoms with Crippen LogP contribution in [0.15, 0.2) is 0 Å². The molecule has 0 atom stereocenters. The zero-order valence-electron chi connectivity index (χ0n) is 8.20. The molecule has 1 aliphatic heterocycles. The summed E-state index contributed by atoms with van der Waals surface area (Å²) in [5.74, 6) is -0.645. The summed E-state index contributed by atoms with van der Waals surface area (Å²) in [6, 6.07) is 0. The summed E-state index contributed by atoms with van der Waals surface area (Å²) in [5, 5.41) is 0. The quantitative estimate of drug-likeness (QED) is 0.592. The number of carbonyl (C=O) groups is 1. The third-order valence-electron chi connectivity index (χ3n) is 2.37. The molecule has 13 heavy (non-hydrogen) atoms. The molecule has 0 spiro atoms. The van der Waals surface area contributed by atoms with E-state index in [1.165, 1.54) is 7.11 Å². The molecular formula is C8H15NO4. The number of rotatable bonds is 2. The van der Waals surface area contributed by atoms with Crippen LogP contribution in [0.25, 0.3) is 0 Å². The Labute approximate surface area is 77.6 Å². The van der Waals surface area contributed by atoms with E-state index in [4.69, 9.17) is 9.47 Å². The number of nitrogens with zero attached hydrogens (tertiary/aromatic N) is 1. The second-order valence-corrected chi connectivity index (χ2v) is 2.96. The van der Waals surface area contributed by atoms with E-state index in [0.717, 1.165) is 0 Å². The highest BCUT2D eigenvalue weighted by Crippen LogP contribution is 2.25. The lowest BCUT2D eigenvalue weighted by atomic mass is 10.2. The SMILES string of the molecule is COC(=O)N1CCC(OC)(OC)C1. The van der Waals surface area contributed by atoms with Crippen molar-refractivity contribution in [3.63, 3.8) is 0 Å². The van der Waals surface area contributed by atoms with Gasteiger partial charge < -0.3 is 19.1 Å². The van der Waals surface area contributed by atoms with Crippen LogP contribution < -0.4 is 0 Å². The van der Waals surface area contributed by atoms with Crippen LogP contribution in [-0.2, 0) is 14.2 Å². The molecule has 1 heterocycles. The molecule has 5 heteroatoms. The molecule has 1 saturated heterocycles. The number of hydrogen-bond acceptors (Lipinski definition) is 4. The molecule has 1 amide bonds. The predicted octanol–water partition coefficient (Wildman–Crippen LogP) is 0.448. The first-order valence-corrected chi connectivity index (χ1v) is 4.10. The van der Waals surface area contributed by atoms with E-state index < -0.39 is 5.79 Å². The maximum Gasteiger partial charge on any atom is 0.409 e. The fraction of sp³-hybridized carbons (Fsp3) is 0.875. The molecule has 0 bridgehead atoms. The van der Waals surface area contributed by atoms with Gasteiger partial charge in [-0.25, -0.2) is 4.79 Å². The summed E-state index contributed by atoms with van der Waals surface area (Å²) in [6.45, 7) is 1.03. The highest BCUT2D eigenvalue weighted by atomic mass is 16.7. The van der Waals surface area contributed by atoms with Gasteiger partial charge in [0.2, 0.25) is 0 Å². The molecule has 0 aromatic carbocycles. The number of amides is 1. The zero-order chi connectivity index (χ0) is 9.90. The normalized spacial score (nSPS) is 20.4. The van der Waals surface area contributed by atoms with Gasteiger partial charge in [-0.2, -0.15) is 0 Å². The Kier molecular flexibility index (Phi) is 3.11. The van der Waals surface area contributed by atoms with Crippen LogP contribution in [0.1, 0.15) is 6.42 Å². The number of ether oxygens (including phenoxy) is 3. The monoisotopic (exact) mass is 189 g/mol. The Bertz CT molecular complexity index is 191. The van der Waals surface area contributed by atoms with Crippen LogP contribution in [0.2, 0.25) is 0 Å². The molecule has 0 aliphatic carbocycles. The molecule has 0 radical (unpaired) electrons. The van der Waals surface area contributed by atoms with Crippen molar-refractivity contribution < 1.29 is 19.0 Å². The first kappa shape index (κ1) is 10.3. The second kappa shape index (κ2) is 3.93. The van der Waals surface area contributed by atoms with Gasteiger partial charge in [0.25, 0.3) is 0 Å². The minimum absolute atomic E-state index is 0.337. The van der Waals surface area contributed by atoms with Gasteiger partial charge in [0.15, 0.2) is 5.79 Å². The van der Waals surface area contributed by atoms with E-state index in [2.05, 4.69) is 4.74 Å². The Balaban J connectivity index is 2.56. The Morgan fingerprint density at radius 1 is 1.31 bits per heavy atom. The Hall–Kier alpha value is -0.810. The summed E-state index contributed by atoms with van der Waals surface area (Å²) in [4.78, 5) is 12.7. The predicted molar refractivity (Wildman–Crippen MR) is 45.3 cm³/mol. The second-order valence-electron chi connectivity index (χ2n) is 2.96. The standard InChI is InChI=1S/C8H15NO4/c1-11-7(10)9-5-4-8(6-9,12-2)13-3/h4-6H2,1-3H3. The van der Waals surface area contributed by atoms with Gasteiger partial charge in [0, 0.05) is 27.2 Å². The highest BCUT2D eigenvalue weighted by Gasteiger charge is 2.40. The van der Waals surface area contributed by atoms with Crippen molar-refractivity contribution in [3.05, 3.63) is 0 Å². The van der Waals surface area contributed by atoms with E-state index >= 15 is 0 Å². The fourth-order valence-electron chi connectivity index (χ4n) is 1.46. The largest absolute Gasteiger partial charge is 0.453 e. The van der Waals surface area contributed by atoms with E-state index in [1.807, 2.05) is 0 Å². The Morgan fingerprint density at radius 3 is 2.31 bits per heavy atom. The summed E-state index contributed by atoms with van der Waals surface area (Å²) in [5.41, 5.74) is 0. The van der Waals surface area contributed by atoms with E-state index in [0.29, 0.717) is 19.5 Å². The van der Waals surface area contributed by atoms with Crippen LogP contribution >= 0.6 is 0 Å². The van der Waals surface area contributed by atoms with Gasteiger partial charge in [-0.3, -0.25) is 0 Å². The van der Waals surface area contributed by atoms with Crippen LogP contribution in [0, 0.1) is 0 Å². The van der Waals surface area contributed by atoms with Crippen molar-refractivity contribution in [2.75, 3.05) is 34.4 Å². The van der Waals surface area contributed by atoms with Gasteiger partial charge in [0.1, 0.15) is 0 Å². The van der Waals surface area contributed by atoms with Gasteiger partial charge in [-0.05, 0) is 0 Å². The molecular weight excluding hydrogens is 174 g/mol. The first-order valence-electron chi connectivity index (χ1n) is 4.10. The lowest BCUT2D eigenvalue weighted by molar-refractivity contribution is -0.194. The summed E-state index contributed by atoms with van der Waals surface area (Å²) in [6.07, 6.45) is 0.339. The average Bonchev–Trinajstić information content (AvgIpc) is 2.61. The van der Waals surface area contributed by atoms with Crippen molar-refractivity contribution in [1.82, 2.24) is 4.90 Å². The van der Waals surface area contributed by atoms with Crippen molar-refractivity contribution in [3.8, 4) is 0 Å². The van der Waals surface area contributed by atoms with Crippen molar-refractivity contribution >= 4 is 6.09 Å². The maximum atomic E-state index is 11.1. The lowest BCUT2D eigenvalue weighted by Gasteiger charge is -2.25. The van der Waals surface area contributed by atoms with E-state index in [1.54, 1.807) is 19.1 Å². The highest BCUT2D eigenvalue weighted by molar-refractivity contribution is 5.67. The smallest absolute Gasteiger partial charge is 0.409 e. The minimum Gasteiger partial charge on any atom is -0.453 e. The number of methoxy groups -OCH3 is 3. The van der Waals surface area contributed by atoms with E-state index in [-0.39, 0.29) is 6.09 Å². The van der Waals surface area contributed by atoms with Crippen LogP contribution in [0.5, 0.6) is 0 Å². The molecule has 1 rings (SSSR count). The average molecular weight is 189 g/mol. The molecule has 1 aliphatic rings. The number of carbonyl (C=O) groups excluding carboxylic acids is 1. The zero-order valence-corrected chi connectivity index (χ0v) is 8.20. The topological polar surface area (TPSA) is 48.0 Å². The molecule has 0 N–H and O–H groups in total. The van der Waals surface area contributed by atoms with Gasteiger partial charge in [0.05, 0.1) is 13.7 Å². The van der Waals surface area contributed by atoms with Crippen molar-refractivity contribution in [1.29, 1.82) is 0 Å². The van der Waals surface area contributed by atoms with E-state index in [9.17, 15) is 4.79 Å². The minimum atomic E-state index is -0.645. The molecule has 0 aromatic rings.